The first-order valence-electron chi connectivity index (χ1n) is 4.49. The van der Waals surface area contributed by atoms with Crippen LogP contribution >= 0.6 is 11.6 Å². The van der Waals surface area contributed by atoms with Gasteiger partial charge in [-0.3, -0.25) is 4.98 Å². The van der Waals surface area contributed by atoms with Crippen molar-refractivity contribution in [2.45, 2.75) is 0 Å². The first-order chi connectivity index (χ1) is 7.68. The van der Waals surface area contributed by atoms with E-state index in [-0.39, 0.29) is 5.69 Å². The van der Waals surface area contributed by atoms with Crippen molar-refractivity contribution in [3.05, 3.63) is 47.4 Å². The van der Waals surface area contributed by atoms with Crippen LogP contribution in [0.2, 0.25) is 5.02 Å². The van der Waals surface area contributed by atoms with Crippen LogP contribution in [0.15, 0.2) is 36.7 Å². The third-order valence-corrected chi connectivity index (χ3v) is 2.32. The predicted octanol–water partition coefficient (Wildman–Crippen LogP) is 2.50. The monoisotopic (exact) mass is 234 g/mol. The van der Waals surface area contributed by atoms with Gasteiger partial charge in [-0.2, -0.15) is 0 Å². The van der Waals surface area contributed by atoms with Gasteiger partial charge in [0.05, 0.1) is 10.7 Å². The van der Waals surface area contributed by atoms with Crippen LogP contribution in [0.5, 0.6) is 0 Å². The van der Waals surface area contributed by atoms with Gasteiger partial charge in [-0.05, 0) is 24.3 Å². The average molecular weight is 235 g/mol. The molecule has 0 bridgehead atoms. The molecule has 0 spiro atoms. The topological polar surface area (TPSA) is 63.1 Å². The fourth-order valence-corrected chi connectivity index (χ4v) is 1.52. The molecule has 0 aromatic carbocycles. The summed E-state index contributed by atoms with van der Waals surface area (Å²) in [7, 11) is 0. The summed E-state index contributed by atoms with van der Waals surface area (Å²) in [6.45, 7) is 0. The maximum Gasteiger partial charge on any atom is 0.354 e. The van der Waals surface area contributed by atoms with E-state index in [2.05, 4.69) is 9.97 Å². The zero-order valence-corrected chi connectivity index (χ0v) is 8.85. The molecule has 0 fully saturated rings. The molecule has 0 amide bonds. The molecular weight excluding hydrogens is 228 g/mol. The Bertz CT molecular complexity index is 543. The summed E-state index contributed by atoms with van der Waals surface area (Å²) in [5.41, 5.74) is 1.16. The van der Waals surface area contributed by atoms with Crippen LogP contribution in [0.3, 0.4) is 0 Å². The number of carbonyl (C=O) groups is 1. The van der Waals surface area contributed by atoms with Gasteiger partial charge in [-0.25, -0.2) is 9.78 Å². The van der Waals surface area contributed by atoms with Crippen LogP contribution in [-0.4, -0.2) is 21.0 Å². The lowest BCUT2D eigenvalue weighted by Gasteiger charge is -2.03. The molecule has 2 aromatic rings. The van der Waals surface area contributed by atoms with Crippen molar-refractivity contribution in [1.29, 1.82) is 0 Å². The standard InChI is InChI=1S/C11H7ClN2O2/c12-8-2-1-4-14-10(8)7-3-5-13-9(6-7)11(15)16/h1-6H,(H,15,16). The van der Waals surface area contributed by atoms with Gasteiger partial charge in [-0.15, -0.1) is 0 Å². The summed E-state index contributed by atoms with van der Waals surface area (Å²) in [6.07, 6.45) is 3.02. The molecule has 0 unspecified atom stereocenters. The molecule has 4 nitrogen and oxygen atoms in total. The van der Waals surface area contributed by atoms with Gasteiger partial charge in [0.15, 0.2) is 0 Å². The number of hydrogen-bond acceptors (Lipinski definition) is 3. The minimum Gasteiger partial charge on any atom is -0.477 e. The SMILES string of the molecule is O=C(O)c1cc(-c2ncccc2Cl)ccn1. The summed E-state index contributed by atoms with van der Waals surface area (Å²) in [6, 6.07) is 6.52. The summed E-state index contributed by atoms with van der Waals surface area (Å²) in [5, 5.41) is 9.29. The number of carboxylic acids is 1. The number of pyridine rings is 2. The summed E-state index contributed by atoms with van der Waals surface area (Å²) in [4.78, 5) is 18.6. The van der Waals surface area contributed by atoms with E-state index in [4.69, 9.17) is 16.7 Å². The van der Waals surface area contributed by atoms with E-state index >= 15 is 0 Å². The first-order valence-corrected chi connectivity index (χ1v) is 4.86. The van der Waals surface area contributed by atoms with E-state index in [1.54, 1.807) is 24.4 Å². The smallest absolute Gasteiger partial charge is 0.354 e. The van der Waals surface area contributed by atoms with Crippen LogP contribution in [-0.2, 0) is 0 Å². The second-order valence-electron chi connectivity index (χ2n) is 3.07. The maximum atomic E-state index is 10.8. The van der Waals surface area contributed by atoms with E-state index in [0.717, 1.165) is 0 Å². The Kier molecular flexibility index (Phi) is 2.83. The fraction of sp³-hybridized carbons (Fsp3) is 0. The van der Waals surface area contributed by atoms with Crippen LogP contribution in [0.25, 0.3) is 11.3 Å². The molecule has 16 heavy (non-hydrogen) atoms. The van der Waals surface area contributed by atoms with Crippen molar-refractivity contribution < 1.29 is 9.90 Å². The lowest BCUT2D eigenvalue weighted by atomic mass is 10.1. The molecule has 0 saturated carbocycles. The largest absolute Gasteiger partial charge is 0.477 e. The highest BCUT2D eigenvalue weighted by Crippen LogP contribution is 2.24. The van der Waals surface area contributed by atoms with Crippen LogP contribution in [0, 0.1) is 0 Å². The Morgan fingerprint density at radius 2 is 2.06 bits per heavy atom. The summed E-state index contributed by atoms with van der Waals surface area (Å²) >= 11 is 5.96. The molecule has 1 N–H and O–H groups in total. The number of carboxylic acid groups (broad SMARTS) is 1. The normalized spacial score (nSPS) is 10.1. The quantitative estimate of drug-likeness (QED) is 0.867. The van der Waals surface area contributed by atoms with Gasteiger partial charge in [0.1, 0.15) is 5.69 Å². The van der Waals surface area contributed by atoms with Crippen molar-refractivity contribution in [2.75, 3.05) is 0 Å². The summed E-state index contributed by atoms with van der Waals surface area (Å²) < 4.78 is 0. The van der Waals surface area contributed by atoms with Gasteiger partial charge in [-0.1, -0.05) is 11.6 Å². The van der Waals surface area contributed by atoms with E-state index in [1.807, 2.05) is 0 Å². The average Bonchev–Trinajstić information content (AvgIpc) is 2.30. The van der Waals surface area contributed by atoms with Gasteiger partial charge in [0.2, 0.25) is 0 Å². The van der Waals surface area contributed by atoms with Crippen molar-refractivity contribution in [1.82, 2.24) is 9.97 Å². The number of aromatic carboxylic acids is 1. The highest BCUT2D eigenvalue weighted by molar-refractivity contribution is 6.33. The van der Waals surface area contributed by atoms with E-state index in [9.17, 15) is 4.79 Å². The second-order valence-corrected chi connectivity index (χ2v) is 3.48. The Hall–Kier alpha value is -1.94. The Morgan fingerprint density at radius 3 is 2.75 bits per heavy atom. The zero-order valence-electron chi connectivity index (χ0n) is 8.09. The lowest BCUT2D eigenvalue weighted by Crippen LogP contribution is -2.00. The molecule has 2 heterocycles. The molecule has 2 aromatic heterocycles. The second kappa shape index (κ2) is 4.28. The first kappa shape index (κ1) is 10.6. The highest BCUT2D eigenvalue weighted by atomic mass is 35.5. The molecule has 80 valence electrons. The number of nitrogens with zero attached hydrogens (tertiary/aromatic N) is 2. The number of halogens is 1. The molecule has 2 rings (SSSR count). The third-order valence-electron chi connectivity index (χ3n) is 2.01. The highest BCUT2D eigenvalue weighted by Gasteiger charge is 2.09. The van der Waals surface area contributed by atoms with Gasteiger partial charge >= 0.3 is 5.97 Å². The summed E-state index contributed by atoms with van der Waals surface area (Å²) in [5.74, 6) is -1.08. The number of rotatable bonds is 2. The predicted molar refractivity (Wildman–Crippen MR) is 59.4 cm³/mol. The minimum absolute atomic E-state index is 0.0285. The van der Waals surface area contributed by atoms with Crippen molar-refractivity contribution in [2.24, 2.45) is 0 Å². The molecule has 0 atom stereocenters. The van der Waals surface area contributed by atoms with Gasteiger partial charge in [0.25, 0.3) is 0 Å². The van der Waals surface area contributed by atoms with Crippen molar-refractivity contribution in [3.63, 3.8) is 0 Å². The number of aromatic nitrogens is 2. The molecule has 0 radical (unpaired) electrons. The minimum atomic E-state index is -1.08. The fourth-order valence-electron chi connectivity index (χ4n) is 1.29. The third kappa shape index (κ3) is 2.01. The van der Waals surface area contributed by atoms with Crippen LogP contribution < -0.4 is 0 Å². The lowest BCUT2D eigenvalue weighted by molar-refractivity contribution is 0.0690. The molecule has 0 aliphatic rings. The maximum absolute atomic E-state index is 10.8. The molecule has 5 heteroatoms. The van der Waals surface area contributed by atoms with Crippen LogP contribution in [0.1, 0.15) is 10.5 Å². The number of hydrogen-bond donors (Lipinski definition) is 1. The zero-order chi connectivity index (χ0) is 11.5. The Labute approximate surface area is 96.6 Å². The molecular formula is C11H7ClN2O2. The van der Waals surface area contributed by atoms with Crippen molar-refractivity contribution >= 4 is 17.6 Å². The molecule has 0 saturated heterocycles. The van der Waals surface area contributed by atoms with E-state index in [0.29, 0.717) is 16.3 Å². The Balaban J connectivity index is 2.53. The Morgan fingerprint density at radius 1 is 1.25 bits per heavy atom. The van der Waals surface area contributed by atoms with Crippen LogP contribution in [0.4, 0.5) is 0 Å². The molecule has 0 aliphatic heterocycles. The van der Waals surface area contributed by atoms with Gasteiger partial charge < -0.3 is 5.11 Å². The van der Waals surface area contributed by atoms with Gasteiger partial charge in [0, 0.05) is 18.0 Å². The molecule has 0 aliphatic carbocycles. The van der Waals surface area contributed by atoms with Crippen molar-refractivity contribution in [3.8, 4) is 11.3 Å². The van der Waals surface area contributed by atoms with E-state index in [1.165, 1.54) is 12.3 Å². The van der Waals surface area contributed by atoms with E-state index < -0.39 is 5.97 Å².